The highest BCUT2D eigenvalue weighted by atomic mass is 32.1. The van der Waals surface area contributed by atoms with E-state index in [2.05, 4.69) is 60.1 Å². The second kappa shape index (κ2) is 7.86. The van der Waals surface area contributed by atoms with Gasteiger partial charge < -0.3 is 4.90 Å². The van der Waals surface area contributed by atoms with Crippen molar-refractivity contribution in [3.05, 3.63) is 46.5 Å². The second-order valence-corrected chi connectivity index (χ2v) is 8.88. The minimum Gasteiger partial charge on any atom is -0.304 e. The average molecular weight is 373 g/mol. The lowest BCUT2D eigenvalue weighted by Crippen LogP contribution is -2.43. The van der Waals surface area contributed by atoms with Crippen molar-refractivity contribution in [1.29, 1.82) is 0 Å². The van der Waals surface area contributed by atoms with Gasteiger partial charge in [0.25, 0.3) is 5.91 Å². The van der Waals surface area contributed by atoms with Crippen LogP contribution in [-0.4, -0.2) is 53.9 Å². The van der Waals surface area contributed by atoms with Gasteiger partial charge in [0.1, 0.15) is 0 Å². The number of nitrogens with zero attached hydrogens (tertiary/aromatic N) is 3. The number of piperazine rings is 1. The fourth-order valence-electron chi connectivity index (χ4n) is 2.87. The predicted octanol–water partition coefficient (Wildman–Crippen LogP) is 3.44. The SMILES string of the molecule is CN1CCN(Cc2ccc(C(=O)Nc3nc(C(C)(C)C)cs3)cc2)CC1. The third-order valence-electron chi connectivity index (χ3n) is 4.71. The molecule has 5 nitrogen and oxygen atoms in total. The summed E-state index contributed by atoms with van der Waals surface area (Å²) in [5.74, 6) is -0.106. The summed E-state index contributed by atoms with van der Waals surface area (Å²) in [5, 5.41) is 5.57. The molecular formula is C20H28N4OS. The van der Waals surface area contributed by atoms with Crippen LogP contribution in [-0.2, 0) is 12.0 Å². The van der Waals surface area contributed by atoms with Crippen molar-refractivity contribution in [2.45, 2.75) is 32.7 Å². The maximum absolute atomic E-state index is 12.5. The Labute approximate surface area is 160 Å². The van der Waals surface area contributed by atoms with Crippen LogP contribution >= 0.6 is 11.3 Å². The highest BCUT2D eigenvalue weighted by Gasteiger charge is 2.18. The number of nitrogens with one attached hydrogen (secondary N) is 1. The van der Waals surface area contributed by atoms with Crippen molar-refractivity contribution in [2.75, 3.05) is 38.5 Å². The molecule has 0 atom stereocenters. The lowest BCUT2D eigenvalue weighted by atomic mass is 9.93. The van der Waals surface area contributed by atoms with Crippen molar-refractivity contribution in [3.8, 4) is 0 Å². The number of hydrogen-bond acceptors (Lipinski definition) is 5. The van der Waals surface area contributed by atoms with E-state index in [1.807, 2.05) is 17.5 Å². The van der Waals surface area contributed by atoms with Gasteiger partial charge in [-0.1, -0.05) is 32.9 Å². The molecule has 0 saturated carbocycles. The Morgan fingerprint density at radius 1 is 1.15 bits per heavy atom. The van der Waals surface area contributed by atoms with Crippen molar-refractivity contribution >= 4 is 22.4 Å². The van der Waals surface area contributed by atoms with E-state index >= 15 is 0 Å². The highest BCUT2D eigenvalue weighted by Crippen LogP contribution is 2.26. The molecule has 1 aromatic carbocycles. The zero-order valence-corrected chi connectivity index (χ0v) is 16.9. The highest BCUT2D eigenvalue weighted by molar-refractivity contribution is 7.14. The summed E-state index contributed by atoms with van der Waals surface area (Å²) in [5.41, 5.74) is 2.90. The van der Waals surface area contributed by atoms with E-state index in [0.29, 0.717) is 10.7 Å². The van der Waals surface area contributed by atoms with Gasteiger partial charge in [-0.25, -0.2) is 4.98 Å². The number of anilines is 1. The van der Waals surface area contributed by atoms with Crippen LogP contribution in [0.15, 0.2) is 29.6 Å². The van der Waals surface area contributed by atoms with Gasteiger partial charge in [0.2, 0.25) is 0 Å². The molecule has 0 aliphatic carbocycles. The number of hydrogen-bond donors (Lipinski definition) is 1. The summed E-state index contributed by atoms with van der Waals surface area (Å²) in [6.07, 6.45) is 0. The second-order valence-electron chi connectivity index (χ2n) is 8.02. The first kappa shape index (κ1) is 19.0. The van der Waals surface area contributed by atoms with Crippen LogP contribution in [0.1, 0.15) is 42.4 Å². The van der Waals surface area contributed by atoms with Crippen molar-refractivity contribution in [1.82, 2.24) is 14.8 Å². The summed E-state index contributed by atoms with van der Waals surface area (Å²) < 4.78 is 0. The Balaban J connectivity index is 1.57. The molecule has 1 aromatic heterocycles. The Hall–Kier alpha value is -1.76. The summed E-state index contributed by atoms with van der Waals surface area (Å²) in [6, 6.07) is 7.91. The summed E-state index contributed by atoms with van der Waals surface area (Å²) in [4.78, 5) is 21.8. The number of likely N-dealkylation sites (N-methyl/N-ethyl adjacent to an activating group) is 1. The molecule has 1 fully saturated rings. The first-order chi connectivity index (χ1) is 12.3. The van der Waals surface area contributed by atoms with Crippen LogP contribution in [0.25, 0.3) is 0 Å². The zero-order chi connectivity index (χ0) is 18.7. The third kappa shape index (κ3) is 4.90. The Bertz CT molecular complexity index is 740. The number of thiazole rings is 1. The molecule has 0 radical (unpaired) electrons. The Morgan fingerprint density at radius 3 is 2.38 bits per heavy atom. The van der Waals surface area contributed by atoms with Gasteiger partial charge in [-0.05, 0) is 24.7 Å². The lowest BCUT2D eigenvalue weighted by Gasteiger charge is -2.32. The van der Waals surface area contributed by atoms with Crippen molar-refractivity contribution in [2.24, 2.45) is 0 Å². The summed E-state index contributed by atoms with van der Waals surface area (Å²) in [6.45, 7) is 11.7. The molecule has 1 amide bonds. The molecule has 2 heterocycles. The van der Waals surface area contributed by atoms with E-state index in [-0.39, 0.29) is 11.3 Å². The average Bonchev–Trinajstić information content (AvgIpc) is 3.06. The third-order valence-corrected chi connectivity index (χ3v) is 5.47. The molecule has 0 spiro atoms. The smallest absolute Gasteiger partial charge is 0.257 e. The predicted molar refractivity (Wildman–Crippen MR) is 108 cm³/mol. The molecule has 26 heavy (non-hydrogen) atoms. The van der Waals surface area contributed by atoms with Gasteiger partial charge in [0, 0.05) is 49.1 Å². The largest absolute Gasteiger partial charge is 0.304 e. The first-order valence-corrected chi connectivity index (χ1v) is 9.96. The molecule has 2 aromatic rings. The van der Waals surface area contributed by atoms with Gasteiger partial charge in [0.15, 0.2) is 5.13 Å². The molecule has 0 bridgehead atoms. The van der Waals surface area contributed by atoms with E-state index in [1.165, 1.54) is 16.9 Å². The molecule has 0 unspecified atom stereocenters. The van der Waals surface area contributed by atoms with Crippen LogP contribution in [0.2, 0.25) is 0 Å². The minimum atomic E-state index is -0.106. The number of amides is 1. The molecule has 6 heteroatoms. The monoisotopic (exact) mass is 372 g/mol. The van der Waals surface area contributed by atoms with E-state index in [9.17, 15) is 4.79 Å². The zero-order valence-electron chi connectivity index (χ0n) is 16.1. The van der Waals surface area contributed by atoms with Gasteiger partial charge in [-0.3, -0.25) is 15.0 Å². The fourth-order valence-corrected chi connectivity index (χ4v) is 3.80. The molecule has 1 aliphatic heterocycles. The summed E-state index contributed by atoms with van der Waals surface area (Å²) in [7, 11) is 2.16. The Kier molecular flexibility index (Phi) is 5.75. The number of benzene rings is 1. The number of carbonyl (C=O) groups is 1. The number of aromatic nitrogens is 1. The maximum Gasteiger partial charge on any atom is 0.257 e. The minimum absolute atomic E-state index is 0.00954. The molecule has 1 N–H and O–H groups in total. The van der Waals surface area contributed by atoms with Gasteiger partial charge in [-0.15, -0.1) is 11.3 Å². The van der Waals surface area contributed by atoms with Gasteiger partial charge >= 0.3 is 0 Å². The lowest BCUT2D eigenvalue weighted by molar-refractivity contribution is 0.102. The van der Waals surface area contributed by atoms with E-state index in [4.69, 9.17) is 0 Å². The number of rotatable bonds is 4. The van der Waals surface area contributed by atoms with Crippen LogP contribution in [0.3, 0.4) is 0 Å². The first-order valence-electron chi connectivity index (χ1n) is 9.08. The van der Waals surface area contributed by atoms with E-state index in [1.54, 1.807) is 0 Å². The standard InChI is InChI=1S/C20H28N4OS/c1-20(2,3)17-14-26-19(21-17)22-18(25)16-7-5-15(6-8-16)13-24-11-9-23(4)10-12-24/h5-8,14H,9-13H2,1-4H3,(H,21,22,25). The van der Waals surface area contributed by atoms with Gasteiger partial charge in [-0.2, -0.15) is 0 Å². The van der Waals surface area contributed by atoms with Gasteiger partial charge in [0.05, 0.1) is 5.69 Å². The summed E-state index contributed by atoms with van der Waals surface area (Å²) >= 11 is 1.47. The van der Waals surface area contributed by atoms with E-state index < -0.39 is 0 Å². The van der Waals surface area contributed by atoms with E-state index in [0.717, 1.165) is 38.4 Å². The normalized spacial score (nSPS) is 16.6. The molecule has 1 aliphatic rings. The van der Waals surface area contributed by atoms with Crippen molar-refractivity contribution in [3.63, 3.8) is 0 Å². The van der Waals surface area contributed by atoms with Crippen LogP contribution in [0, 0.1) is 0 Å². The maximum atomic E-state index is 12.5. The molecule has 1 saturated heterocycles. The van der Waals surface area contributed by atoms with Crippen LogP contribution in [0.4, 0.5) is 5.13 Å². The van der Waals surface area contributed by atoms with Crippen molar-refractivity contribution < 1.29 is 4.79 Å². The topological polar surface area (TPSA) is 48.5 Å². The fraction of sp³-hybridized carbons (Fsp3) is 0.500. The quantitative estimate of drug-likeness (QED) is 0.893. The Morgan fingerprint density at radius 2 is 1.81 bits per heavy atom. The molecular weight excluding hydrogens is 344 g/mol. The molecule has 3 rings (SSSR count). The molecule has 140 valence electrons. The van der Waals surface area contributed by atoms with Crippen LogP contribution in [0.5, 0.6) is 0 Å². The number of carbonyl (C=O) groups excluding carboxylic acids is 1. The van der Waals surface area contributed by atoms with Crippen LogP contribution < -0.4 is 5.32 Å².